The maximum absolute atomic E-state index is 11.8. The fraction of sp³-hybridized carbons (Fsp3) is 0.154. The molecule has 0 unspecified atom stereocenters. The summed E-state index contributed by atoms with van der Waals surface area (Å²) in [5, 5.41) is 8.84. The normalized spacial score (nSPS) is 9.00. The maximum Gasteiger partial charge on any atom is 0.292 e. The van der Waals surface area contributed by atoms with Gasteiger partial charge in [0.15, 0.2) is 0 Å². The molecule has 0 spiro atoms. The second kappa shape index (κ2) is 6.58. The van der Waals surface area contributed by atoms with Gasteiger partial charge in [0, 0.05) is 5.69 Å². The van der Waals surface area contributed by atoms with Crippen molar-refractivity contribution in [1.82, 2.24) is 9.55 Å². The molecule has 0 fully saturated rings. The van der Waals surface area contributed by atoms with Crippen molar-refractivity contribution in [1.29, 1.82) is 5.26 Å². The molecule has 0 bridgehead atoms. The summed E-state index contributed by atoms with van der Waals surface area (Å²) in [7, 11) is 0. The van der Waals surface area contributed by atoms with Gasteiger partial charge < -0.3 is 0 Å². The molecule has 5 heteroatoms. The predicted molar refractivity (Wildman–Crippen MR) is 70.9 cm³/mol. The Morgan fingerprint density at radius 2 is 1.89 bits per heavy atom. The van der Waals surface area contributed by atoms with Crippen molar-refractivity contribution in [2.45, 2.75) is 13.8 Å². The summed E-state index contributed by atoms with van der Waals surface area (Å²) in [6.07, 6.45) is 1.39. The van der Waals surface area contributed by atoms with Crippen molar-refractivity contribution < 1.29 is 0 Å². The van der Waals surface area contributed by atoms with Gasteiger partial charge in [-0.1, -0.05) is 43.6 Å². The van der Waals surface area contributed by atoms with Gasteiger partial charge >= 0.3 is 0 Å². The lowest BCUT2D eigenvalue weighted by atomic mass is 10.3. The number of halogens is 1. The van der Waals surface area contributed by atoms with E-state index in [0.717, 1.165) is 0 Å². The van der Waals surface area contributed by atoms with E-state index in [2.05, 4.69) is 4.98 Å². The van der Waals surface area contributed by atoms with Crippen LogP contribution in [0, 0.1) is 11.3 Å². The lowest BCUT2D eigenvalue weighted by molar-refractivity contribution is 0.943. The van der Waals surface area contributed by atoms with Gasteiger partial charge in [0.05, 0.1) is 6.20 Å². The van der Waals surface area contributed by atoms with E-state index < -0.39 is 5.56 Å². The Morgan fingerprint density at radius 3 is 2.44 bits per heavy atom. The van der Waals surface area contributed by atoms with E-state index in [4.69, 9.17) is 16.9 Å². The average molecular weight is 262 g/mol. The Balaban J connectivity index is 0.000000771. The first kappa shape index (κ1) is 13.9. The summed E-state index contributed by atoms with van der Waals surface area (Å²) < 4.78 is 1.30. The number of hydrogen-bond donors (Lipinski definition) is 0. The predicted octanol–water partition coefficient (Wildman–Crippen LogP) is 2.78. The fourth-order valence-electron chi connectivity index (χ4n) is 1.32. The van der Waals surface area contributed by atoms with Crippen molar-refractivity contribution in [3.63, 3.8) is 0 Å². The van der Waals surface area contributed by atoms with E-state index in [1.54, 1.807) is 30.3 Å². The number of nitrogens with zero attached hydrogens (tertiary/aromatic N) is 3. The Labute approximate surface area is 110 Å². The van der Waals surface area contributed by atoms with Gasteiger partial charge in [-0.25, -0.2) is 4.98 Å². The highest BCUT2D eigenvalue weighted by atomic mass is 35.5. The zero-order valence-corrected chi connectivity index (χ0v) is 10.8. The minimum atomic E-state index is -0.474. The van der Waals surface area contributed by atoms with Crippen molar-refractivity contribution >= 4 is 11.6 Å². The van der Waals surface area contributed by atoms with Crippen LogP contribution in [-0.2, 0) is 0 Å². The third-order valence-corrected chi connectivity index (χ3v) is 2.20. The summed E-state index contributed by atoms with van der Waals surface area (Å²) >= 11 is 5.73. The highest BCUT2D eigenvalue weighted by molar-refractivity contribution is 6.29. The van der Waals surface area contributed by atoms with Crippen LogP contribution in [-0.4, -0.2) is 9.55 Å². The van der Waals surface area contributed by atoms with Crippen LogP contribution >= 0.6 is 11.6 Å². The van der Waals surface area contributed by atoms with E-state index in [0.29, 0.717) is 5.69 Å². The van der Waals surface area contributed by atoms with Crippen LogP contribution < -0.4 is 5.56 Å². The largest absolute Gasteiger partial charge is 0.292 e. The minimum absolute atomic E-state index is 0.111. The third-order valence-electron chi connectivity index (χ3n) is 2.02. The van der Waals surface area contributed by atoms with Crippen LogP contribution in [0.25, 0.3) is 5.69 Å². The molecule has 1 aromatic carbocycles. The number of rotatable bonds is 1. The van der Waals surface area contributed by atoms with Gasteiger partial charge in [-0.05, 0) is 12.1 Å². The highest BCUT2D eigenvalue weighted by Gasteiger charge is 2.07. The van der Waals surface area contributed by atoms with Crippen LogP contribution in [0.5, 0.6) is 0 Å². The SMILES string of the molecule is CC.N#Cc1nc(Cl)cn(-c2ccccc2)c1=O. The number of aromatic nitrogens is 2. The lowest BCUT2D eigenvalue weighted by Crippen LogP contribution is -2.22. The molecule has 1 aromatic heterocycles. The molecule has 0 aliphatic carbocycles. The molecule has 1 heterocycles. The molecule has 0 saturated heterocycles. The summed E-state index contributed by atoms with van der Waals surface area (Å²) in [4.78, 5) is 15.4. The van der Waals surface area contributed by atoms with Gasteiger partial charge in [0.25, 0.3) is 5.56 Å². The smallest absolute Gasteiger partial charge is 0.279 e. The molecular formula is C13H12ClN3O. The monoisotopic (exact) mass is 261 g/mol. The van der Waals surface area contributed by atoms with Crippen molar-refractivity contribution in [3.05, 3.63) is 57.7 Å². The van der Waals surface area contributed by atoms with Crippen LogP contribution in [0.3, 0.4) is 0 Å². The standard InChI is InChI=1S/C11H6ClN3O.C2H6/c12-10-7-15(8-4-2-1-3-5-8)11(16)9(6-13)14-10;1-2/h1-5,7H;1-2H3. The molecule has 18 heavy (non-hydrogen) atoms. The first-order valence-corrected chi connectivity index (χ1v) is 5.85. The van der Waals surface area contributed by atoms with Crippen LogP contribution in [0.1, 0.15) is 19.5 Å². The summed E-state index contributed by atoms with van der Waals surface area (Å²) in [6.45, 7) is 4.00. The number of para-hydroxylation sites is 1. The average Bonchev–Trinajstić information content (AvgIpc) is 2.44. The Hall–Kier alpha value is -2.12. The van der Waals surface area contributed by atoms with Crippen LogP contribution in [0.2, 0.25) is 5.15 Å². The molecule has 0 aliphatic heterocycles. The van der Waals surface area contributed by atoms with Gasteiger partial charge in [-0.3, -0.25) is 9.36 Å². The van der Waals surface area contributed by atoms with Crippen LogP contribution in [0.4, 0.5) is 0 Å². The molecule has 4 nitrogen and oxygen atoms in total. The highest BCUT2D eigenvalue weighted by Crippen LogP contribution is 2.08. The van der Waals surface area contributed by atoms with E-state index in [1.807, 2.05) is 19.9 Å². The molecule has 2 rings (SSSR count). The summed E-state index contributed by atoms with van der Waals surface area (Å²) in [6, 6.07) is 10.6. The lowest BCUT2D eigenvalue weighted by Gasteiger charge is -2.05. The Bertz CT molecular complexity index is 614. The number of nitriles is 1. The molecule has 0 aliphatic rings. The van der Waals surface area contributed by atoms with Gasteiger partial charge in [0.1, 0.15) is 11.2 Å². The van der Waals surface area contributed by atoms with Gasteiger partial charge in [-0.15, -0.1) is 0 Å². The van der Waals surface area contributed by atoms with E-state index in [9.17, 15) is 4.79 Å². The first-order valence-electron chi connectivity index (χ1n) is 5.47. The first-order chi connectivity index (χ1) is 8.72. The molecule has 0 amide bonds. The van der Waals surface area contributed by atoms with E-state index in [-0.39, 0.29) is 10.8 Å². The molecule has 0 N–H and O–H groups in total. The van der Waals surface area contributed by atoms with Crippen molar-refractivity contribution in [2.75, 3.05) is 0 Å². The molecule has 0 atom stereocenters. The molecule has 92 valence electrons. The zero-order valence-electron chi connectivity index (χ0n) is 10.1. The molecule has 0 saturated carbocycles. The zero-order chi connectivity index (χ0) is 13.5. The second-order valence-electron chi connectivity index (χ2n) is 3.03. The molecule has 2 aromatic rings. The van der Waals surface area contributed by atoms with Gasteiger partial charge in [-0.2, -0.15) is 5.26 Å². The van der Waals surface area contributed by atoms with E-state index in [1.165, 1.54) is 10.8 Å². The quantitative estimate of drug-likeness (QED) is 0.793. The topological polar surface area (TPSA) is 58.7 Å². The minimum Gasteiger partial charge on any atom is -0.279 e. The Morgan fingerprint density at radius 1 is 1.28 bits per heavy atom. The Kier molecular flexibility index (Phi) is 5.09. The summed E-state index contributed by atoms with van der Waals surface area (Å²) in [5.74, 6) is 0. The maximum atomic E-state index is 11.8. The molecule has 0 radical (unpaired) electrons. The third kappa shape index (κ3) is 2.96. The number of hydrogen-bond acceptors (Lipinski definition) is 3. The molecular weight excluding hydrogens is 250 g/mol. The summed E-state index contributed by atoms with van der Waals surface area (Å²) in [5.41, 5.74) is -0.0391. The van der Waals surface area contributed by atoms with Crippen molar-refractivity contribution in [2.24, 2.45) is 0 Å². The van der Waals surface area contributed by atoms with E-state index >= 15 is 0 Å². The van der Waals surface area contributed by atoms with Crippen LogP contribution in [0.15, 0.2) is 41.3 Å². The second-order valence-corrected chi connectivity index (χ2v) is 3.42. The van der Waals surface area contributed by atoms with Crippen molar-refractivity contribution in [3.8, 4) is 11.8 Å². The fourth-order valence-corrected chi connectivity index (χ4v) is 1.50. The van der Waals surface area contributed by atoms with Gasteiger partial charge in [0.2, 0.25) is 5.69 Å². The number of benzene rings is 1.